The number of hydrogen-bond donors (Lipinski definition) is 4. The van der Waals surface area contributed by atoms with Crippen LogP contribution in [0.2, 0.25) is 0 Å². The Bertz CT molecular complexity index is 924. The number of aldehydes is 1. The highest BCUT2D eigenvalue weighted by molar-refractivity contribution is 6.46. The topological polar surface area (TPSA) is 172 Å². The average Bonchev–Trinajstić information content (AvgIpc) is 2.75. The van der Waals surface area contributed by atoms with Gasteiger partial charge in [0.2, 0.25) is 11.7 Å². The minimum absolute atomic E-state index is 0.000214. The number of Topliss-reactive ketones (excluding diaryl/α,β-unsaturated/α-hetero) is 1. The average molecular weight is 447 g/mol. The van der Waals surface area contributed by atoms with E-state index in [1.165, 1.54) is 12.3 Å². The Morgan fingerprint density at radius 2 is 1.94 bits per heavy atom. The third-order valence-electron chi connectivity index (χ3n) is 4.01. The number of pyridine rings is 1. The number of amides is 1. The highest BCUT2D eigenvalue weighted by atomic mass is 16.5. The third kappa shape index (κ3) is 8.01. The van der Waals surface area contributed by atoms with Crippen molar-refractivity contribution in [3.8, 4) is 5.88 Å². The summed E-state index contributed by atoms with van der Waals surface area (Å²) in [5, 5.41) is 22.9. The van der Waals surface area contributed by atoms with E-state index in [-0.39, 0.29) is 23.3 Å². The van der Waals surface area contributed by atoms with E-state index in [4.69, 9.17) is 14.9 Å². The van der Waals surface area contributed by atoms with E-state index in [9.17, 15) is 24.0 Å². The number of carbonyl (C=O) groups is 5. The smallest absolute Gasteiger partial charge is 0.326 e. The van der Waals surface area contributed by atoms with Crippen LogP contribution >= 0.6 is 0 Å². The van der Waals surface area contributed by atoms with Crippen LogP contribution < -0.4 is 15.4 Å². The van der Waals surface area contributed by atoms with Crippen LogP contribution in [0.4, 0.5) is 5.69 Å². The zero-order chi connectivity index (χ0) is 24.1. The zero-order valence-electron chi connectivity index (χ0n) is 17.7. The fourth-order valence-electron chi connectivity index (χ4n) is 2.60. The Hall–Kier alpha value is -4.02. The van der Waals surface area contributed by atoms with Crippen molar-refractivity contribution in [2.45, 2.75) is 32.7 Å². The number of ether oxygens (including phenoxy) is 1. The van der Waals surface area contributed by atoms with Crippen LogP contribution in [-0.4, -0.2) is 64.3 Å². The number of allylic oxidation sites excluding steroid dienone is 3. The molecule has 1 heterocycles. The van der Waals surface area contributed by atoms with Gasteiger partial charge in [0.1, 0.15) is 6.04 Å². The quantitative estimate of drug-likeness (QED) is 0.140. The number of nitrogens with zero attached hydrogens (tertiary/aromatic N) is 1. The molecule has 0 aliphatic carbocycles. The Morgan fingerprint density at radius 3 is 2.50 bits per heavy atom. The van der Waals surface area contributed by atoms with Gasteiger partial charge in [-0.2, -0.15) is 0 Å². The van der Waals surface area contributed by atoms with Gasteiger partial charge in [-0.15, -0.1) is 0 Å². The molecule has 4 N–H and O–H groups in total. The van der Waals surface area contributed by atoms with Gasteiger partial charge in [0.15, 0.2) is 12.9 Å². The van der Waals surface area contributed by atoms with Crippen molar-refractivity contribution in [2.75, 3.05) is 18.5 Å². The first kappa shape index (κ1) is 26.0. The van der Waals surface area contributed by atoms with E-state index in [0.717, 1.165) is 6.42 Å². The number of carboxylic acids is 2. The summed E-state index contributed by atoms with van der Waals surface area (Å²) in [4.78, 5) is 61.2. The lowest BCUT2D eigenvalue weighted by molar-refractivity contribution is -0.147. The summed E-state index contributed by atoms with van der Waals surface area (Å²) in [6.07, 6.45) is 6.72. The molecule has 1 atom stereocenters. The molecule has 1 unspecified atom stereocenters. The molecule has 11 heteroatoms. The summed E-state index contributed by atoms with van der Waals surface area (Å²) in [7, 11) is 0. The summed E-state index contributed by atoms with van der Waals surface area (Å²) >= 11 is 0. The summed E-state index contributed by atoms with van der Waals surface area (Å²) in [6.45, 7) is 3.23. The minimum atomic E-state index is -1.64. The molecule has 0 bridgehead atoms. The molecule has 1 rings (SSSR count). The molecule has 32 heavy (non-hydrogen) atoms. The van der Waals surface area contributed by atoms with Crippen molar-refractivity contribution in [1.82, 2.24) is 10.3 Å². The van der Waals surface area contributed by atoms with E-state index in [1.807, 2.05) is 24.4 Å². The molecular formula is C21H25N3O8. The van der Waals surface area contributed by atoms with Gasteiger partial charge in [0.25, 0.3) is 5.91 Å². The second-order valence-corrected chi connectivity index (χ2v) is 6.33. The van der Waals surface area contributed by atoms with Crippen molar-refractivity contribution in [1.29, 1.82) is 0 Å². The molecule has 1 aromatic rings. The summed E-state index contributed by atoms with van der Waals surface area (Å²) in [6, 6.07) is -0.0751. The van der Waals surface area contributed by atoms with Gasteiger partial charge in [-0.05, 0) is 19.4 Å². The molecule has 0 aromatic carbocycles. The maximum atomic E-state index is 12.1. The number of carbonyl (C=O) groups excluding carboxylic acids is 3. The van der Waals surface area contributed by atoms with Crippen molar-refractivity contribution in [3.63, 3.8) is 0 Å². The number of nitrogens with one attached hydrogen (secondary N) is 2. The lowest BCUT2D eigenvalue weighted by Gasteiger charge is -2.17. The Balaban J connectivity index is 3.15. The molecule has 0 aliphatic rings. The van der Waals surface area contributed by atoms with Gasteiger partial charge in [-0.3, -0.25) is 19.2 Å². The van der Waals surface area contributed by atoms with E-state index in [0.29, 0.717) is 12.2 Å². The van der Waals surface area contributed by atoms with Gasteiger partial charge in [0, 0.05) is 24.0 Å². The lowest BCUT2D eigenvalue weighted by Crippen LogP contribution is -2.44. The predicted octanol–water partition coefficient (Wildman–Crippen LogP) is 1.05. The Morgan fingerprint density at radius 1 is 1.22 bits per heavy atom. The number of aliphatic carboxylic acids is 2. The first-order valence-corrected chi connectivity index (χ1v) is 9.65. The summed E-state index contributed by atoms with van der Waals surface area (Å²) in [5.74, 6) is -4.78. The van der Waals surface area contributed by atoms with Gasteiger partial charge >= 0.3 is 11.9 Å². The van der Waals surface area contributed by atoms with Crippen LogP contribution in [0, 0.1) is 0 Å². The van der Waals surface area contributed by atoms with E-state index >= 15 is 0 Å². The van der Waals surface area contributed by atoms with Gasteiger partial charge in [-0.25, -0.2) is 9.78 Å². The monoisotopic (exact) mass is 447 g/mol. The number of ketones is 1. The lowest BCUT2D eigenvalue weighted by atomic mass is 10.0. The molecule has 0 aliphatic heterocycles. The van der Waals surface area contributed by atoms with Crippen molar-refractivity contribution < 1.29 is 38.9 Å². The number of rotatable bonds is 14. The third-order valence-corrected chi connectivity index (χ3v) is 4.01. The molecule has 172 valence electrons. The second kappa shape index (κ2) is 13.3. The van der Waals surface area contributed by atoms with Crippen LogP contribution in [0.3, 0.4) is 0 Å². The predicted molar refractivity (Wildman–Crippen MR) is 114 cm³/mol. The molecule has 0 saturated heterocycles. The minimum Gasteiger partial charge on any atom is -0.481 e. The normalized spacial score (nSPS) is 12.1. The molecular weight excluding hydrogens is 422 g/mol. The van der Waals surface area contributed by atoms with Crippen LogP contribution in [0.5, 0.6) is 5.88 Å². The Kier molecular flexibility index (Phi) is 10.8. The number of anilines is 1. The van der Waals surface area contributed by atoms with Crippen LogP contribution in [0.25, 0.3) is 5.57 Å². The first-order valence-electron chi connectivity index (χ1n) is 9.65. The van der Waals surface area contributed by atoms with Gasteiger partial charge < -0.3 is 25.6 Å². The fraction of sp³-hybridized carbons (Fsp3) is 0.333. The largest absolute Gasteiger partial charge is 0.481 e. The van der Waals surface area contributed by atoms with E-state index < -0.39 is 42.7 Å². The maximum Gasteiger partial charge on any atom is 0.326 e. The zero-order valence-corrected chi connectivity index (χ0v) is 17.7. The van der Waals surface area contributed by atoms with Crippen molar-refractivity contribution >= 4 is 41.2 Å². The highest BCUT2D eigenvalue weighted by Gasteiger charge is 2.24. The van der Waals surface area contributed by atoms with E-state index in [1.54, 1.807) is 13.0 Å². The van der Waals surface area contributed by atoms with Gasteiger partial charge in [-0.1, -0.05) is 25.2 Å². The highest BCUT2D eigenvalue weighted by Crippen LogP contribution is 2.32. The Labute approximate surface area is 184 Å². The van der Waals surface area contributed by atoms with Gasteiger partial charge in [0.05, 0.1) is 12.0 Å². The SMILES string of the molecule is C/C=C(\C(=O)C=O)c1c(NC/C=C/CC)ccnc1OCC(=O)NC(CC(=O)O)C(=O)O. The summed E-state index contributed by atoms with van der Waals surface area (Å²) in [5.41, 5.74) is 0.582. The summed E-state index contributed by atoms with van der Waals surface area (Å²) < 4.78 is 5.40. The van der Waals surface area contributed by atoms with Crippen LogP contribution in [0.15, 0.2) is 30.5 Å². The van der Waals surface area contributed by atoms with Crippen LogP contribution in [-0.2, 0) is 24.0 Å². The molecule has 0 fully saturated rings. The maximum absolute atomic E-state index is 12.1. The standard InChI is InChI=1S/C21H25N3O8/c1-3-5-6-8-22-14-7-9-23-20(19(14)13(4-2)16(26)11-25)32-12-17(27)24-15(21(30)31)10-18(28)29/h4-7,9,11,15H,3,8,10,12H2,1-2H3,(H,22,23)(H,24,27)(H,28,29)(H,30,31)/b6-5+,13-4+. The number of carboxylic acid groups (broad SMARTS) is 2. The fourth-order valence-corrected chi connectivity index (χ4v) is 2.60. The first-order chi connectivity index (χ1) is 15.2. The molecule has 1 amide bonds. The van der Waals surface area contributed by atoms with E-state index in [2.05, 4.69) is 10.3 Å². The van der Waals surface area contributed by atoms with Crippen molar-refractivity contribution in [2.24, 2.45) is 0 Å². The molecule has 0 saturated carbocycles. The number of aromatic nitrogens is 1. The molecule has 0 radical (unpaired) electrons. The molecule has 0 spiro atoms. The molecule has 11 nitrogen and oxygen atoms in total. The second-order valence-electron chi connectivity index (χ2n) is 6.33. The van der Waals surface area contributed by atoms with Crippen molar-refractivity contribution in [3.05, 3.63) is 36.1 Å². The molecule has 1 aromatic heterocycles. The van der Waals surface area contributed by atoms with Crippen LogP contribution in [0.1, 0.15) is 32.3 Å². The number of hydrogen-bond acceptors (Lipinski definition) is 8.